The topological polar surface area (TPSA) is 34.1 Å². The first kappa shape index (κ1) is 13.3. The lowest BCUT2D eigenvalue weighted by atomic mass is 10.2. The number of nitrogens with zero attached hydrogens (tertiary/aromatic N) is 1. The van der Waals surface area contributed by atoms with Crippen LogP contribution in [0.25, 0.3) is 0 Å². The van der Waals surface area contributed by atoms with Crippen molar-refractivity contribution < 1.29 is 13.5 Å². The summed E-state index contributed by atoms with van der Waals surface area (Å²) >= 11 is 0. The molecular weight excluding hydrogens is 250 g/mol. The highest BCUT2D eigenvalue weighted by atomic mass is 19.2. The zero-order chi connectivity index (χ0) is 13.7. The number of aromatic nitrogens is 1. The van der Waals surface area contributed by atoms with E-state index in [4.69, 9.17) is 4.74 Å². The van der Waals surface area contributed by atoms with Gasteiger partial charge in [-0.05, 0) is 36.8 Å². The maximum Gasteiger partial charge on any atom is 0.237 e. The first-order valence-corrected chi connectivity index (χ1v) is 5.96. The molecule has 0 aliphatic carbocycles. The fourth-order valence-corrected chi connectivity index (χ4v) is 1.62. The van der Waals surface area contributed by atoms with Gasteiger partial charge in [0.25, 0.3) is 0 Å². The van der Waals surface area contributed by atoms with Crippen molar-refractivity contribution in [1.82, 2.24) is 4.98 Å². The van der Waals surface area contributed by atoms with Crippen LogP contribution in [-0.4, -0.2) is 11.6 Å². The molecule has 2 aromatic rings. The first-order chi connectivity index (χ1) is 9.20. The van der Waals surface area contributed by atoms with Crippen LogP contribution in [0.3, 0.4) is 0 Å². The molecule has 1 N–H and O–H groups in total. The van der Waals surface area contributed by atoms with Crippen LogP contribution >= 0.6 is 0 Å². The van der Waals surface area contributed by atoms with Gasteiger partial charge < -0.3 is 10.1 Å². The summed E-state index contributed by atoms with van der Waals surface area (Å²) in [5.41, 5.74) is 1.36. The minimum Gasteiger partial charge on any atom is -0.476 e. The smallest absolute Gasteiger partial charge is 0.237 e. The second-order valence-corrected chi connectivity index (χ2v) is 3.89. The molecule has 0 amide bonds. The minimum absolute atomic E-state index is 0.364. The van der Waals surface area contributed by atoms with E-state index in [-0.39, 0.29) is 0 Å². The summed E-state index contributed by atoms with van der Waals surface area (Å²) in [5, 5.41) is 3.08. The lowest BCUT2D eigenvalue weighted by Gasteiger charge is -2.11. The third-order valence-electron chi connectivity index (χ3n) is 2.52. The molecule has 3 nitrogen and oxygen atoms in total. The fourth-order valence-electron chi connectivity index (χ4n) is 1.62. The fraction of sp³-hybridized carbons (Fsp3) is 0.214. The number of pyridine rings is 1. The van der Waals surface area contributed by atoms with E-state index in [0.29, 0.717) is 30.3 Å². The van der Waals surface area contributed by atoms with Gasteiger partial charge in [-0.1, -0.05) is 6.07 Å². The number of hydrogen-bond donors (Lipinski definition) is 1. The van der Waals surface area contributed by atoms with Gasteiger partial charge >= 0.3 is 0 Å². The summed E-state index contributed by atoms with van der Waals surface area (Å²) in [6.07, 6.45) is 1.63. The number of hydrogen-bond acceptors (Lipinski definition) is 3. The van der Waals surface area contributed by atoms with Crippen LogP contribution < -0.4 is 10.1 Å². The zero-order valence-electron chi connectivity index (χ0n) is 10.5. The van der Waals surface area contributed by atoms with E-state index in [2.05, 4.69) is 10.3 Å². The minimum atomic E-state index is -0.851. The van der Waals surface area contributed by atoms with Crippen molar-refractivity contribution in [3.05, 3.63) is 53.7 Å². The normalized spacial score (nSPS) is 10.3. The SMILES string of the molecule is CCOc1ncccc1NCc1ccc(F)c(F)c1. The van der Waals surface area contributed by atoms with Crippen molar-refractivity contribution in [3.63, 3.8) is 0 Å². The van der Waals surface area contributed by atoms with Crippen molar-refractivity contribution in [3.8, 4) is 5.88 Å². The summed E-state index contributed by atoms with van der Waals surface area (Å²) in [6.45, 7) is 2.74. The average Bonchev–Trinajstić information content (AvgIpc) is 2.42. The molecule has 19 heavy (non-hydrogen) atoms. The number of nitrogens with one attached hydrogen (secondary N) is 1. The van der Waals surface area contributed by atoms with Crippen LogP contribution in [0.1, 0.15) is 12.5 Å². The Labute approximate surface area is 110 Å². The second-order valence-electron chi connectivity index (χ2n) is 3.89. The van der Waals surface area contributed by atoms with Gasteiger partial charge in [-0.2, -0.15) is 0 Å². The molecule has 0 saturated carbocycles. The highest BCUT2D eigenvalue weighted by Crippen LogP contribution is 2.21. The zero-order valence-corrected chi connectivity index (χ0v) is 10.5. The van der Waals surface area contributed by atoms with Gasteiger partial charge in [0.1, 0.15) is 0 Å². The largest absolute Gasteiger partial charge is 0.476 e. The van der Waals surface area contributed by atoms with Crippen molar-refractivity contribution >= 4 is 5.69 Å². The molecule has 0 saturated heterocycles. The first-order valence-electron chi connectivity index (χ1n) is 5.96. The lowest BCUT2D eigenvalue weighted by Crippen LogP contribution is -2.04. The summed E-state index contributed by atoms with van der Waals surface area (Å²) in [6, 6.07) is 7.40. The van der Waals surface area contributed by atoms with Gasteiger partial charge in [-0.3, -0.25) is 0 Å². The Kier molecular flexibility index (Phi) is 4.28. The monoisotopic (exact) mass is 264 g/mol. The summed E-state index contributed by atoms with van der Waals surface area (Å²) in [7, 11) is 0. The number of ether oxygens (including phenoxy) is 1. The van der Waals surface area contributed by atoms with Crippen LogP contribution in [-0.2, 0) is 6.54 Å². The highest BCUT2D eigenvalue weighted by Gasteiger charge is 2.05. The Bertz CT molecular complexity index is 561. The van der Waals surface area contributed by atoms with Crippen LogP contribution in [0.5, 0.6) is 5.88 Å². The van der Waals surface area contributed by atoms with E-state index in [1.165, 1.54) is 12.1 Å². The Morgan fingerprint density at radius 2 is 2.05 bits per heavy atom. The third kappa shape index (κ3) is 3.40. The van der Waals surface area contributed by atoms with Gasteiger partial charge in [-0.15, -0.1) is 0 Å². The summed E-state index contributed by atoms with van der Waals surface area (Å²) in [4.78, 5) is 4.09. The number of benzene rings is 1. The summed E-state index contributed by atoms with van der Waals surface area (Å²) in [5.74, 6) is -1.21. The molecular formula is C14H14F2N2O. The number of anilines is 1. The predicted octanol–water partition coefficient (Wildman–Crippen LogP) is 3.37. The lowest BCUT2D eigenvalue weighted by molar-refractivity contribution is 0.328. The van der Waals surface area contributed by atoms with Crippen molar-refractivity contribution in [1.29, 1.82) is 0 Å². The number of rotatable bonds is 5. The standard InChI is InChI=1S/C14H14F2N2O/c1-2-19-14-13(4-3-7-17-14)18-9-10-5-6-11(15)12(16)8-10/h3-8,18H,2,9H2,1H3. The Hall–Kier alpha value is -2.17. The molecule has 2 rings (SSSR count). The number of halogens is 2. The van der Waals surface area contributed by atoms with Gasteiger partial charge in [-0.25, -0.2) is 13.8 Å². The summed E-state index contributed by atoms with van der Waals surface area (Å²) < 4.78 is 31.2. The van der Waals surface area contributed by atoms with Crippen molar-refractivity contribution in [2.45, 2.75) is 13.5 Å². The van der Waals surface area contributed by atoms with E-state index in [1.54, 1.807) is 12.3 Å². The Morgan fingerprint density at radius 1 is 1.21 bits per heavy atom. The Balaban J connectivity index is 2.07. The molecule has 0 fully saturated rings. The van der Waals surface area contributed by atoms with Gasteiger partial charge in [0.05, 0.1) is 12.3 Å². The molecule has 0 unspecified atom stereocenters. The molecule has 5 heteroatoms. The van der Waals surface area contributed by atoms with Crippen molar-refractivity contribution in [2.24, 2.45) is 0 Å². The maximum absolute atomic E-state index is 13.1. The Morgan fingerprint density at radius 3 is 2.79 bits per heavy atom. The molecule has 0 bridgehead atoms. The quantitative estimate of drug-likeness (QED) is 0.899. The molecule has 0 atom stereocenters. The van der Waals surface area contributed by atoms with E-state index in [0.717, 1.165) is 6.07 Å². The van der Waals surface area contributed by atoms with E-state index < -0.39 is 11.6 Å². The average molecular weight is 264 g/mol. The molecule has 1 aromatic carbocycles. The van der Waals surface area contributed by atoms with Gasteiger partial charge in [0.15, 0.2) is 11.6 Å². The molecule has 0 radical (unpaired) electrons. The van der Waals surface area contributed by atoms with E-state index >= 15 is 0 Å². The van der Waals surface area contributed by atoms with Gasteiger partial charge in [0.2, 0.25) is 5.88 Å². The molecule has 0 spiro atoms. The van der Waals surface area contributed by atoms with E-state index in [1.807, 2.05) is 13.0 Å². The molecule has 100 valence electrons. The molecule has 0 aliphatic heterocycles. The second kappa shape index (κ2) is 6.13. The van der Waals surface area contributed by atoms with Gasteiger partial charge in [0, 0.05) is 12.7 Å². The predicted molar refractivity (Wildman–Crippen MR) is 69.1 cm³/mol. The van der Waals surface area contributed by atoms with Crippen LogP contribution in [0.4, 0.5) is 14.5 Å². The third-order valence-corrected chi connectivity index (χ3v) is 2.52. The molecule has 1 heterocycles. The van der Waals surface area contributed by atoms with Crippen molar-refractivity contribution in [2.75, 3.05) is 11.9 Å². The molecule has 1 aromatic heterocycles. The van der Waals surface area contributed by atoms with E-state index in [9.17, 15) is 8.78 Å². The van der Waals surface area contributed by atoms with Crippen LogP contribution in [0, 0.1) is 11.6 Å². The molecule has 0 aliphatic rings. The highest BCUT2D eigenvalue weighted by molar-refractivity contribution is 5.52. The maximum atomic E-state index is 13.1. The van der Waals surface area contributed by atoms with Crippen LogP contribution in [0.15, 0.2) is 36.5 Å². The van der Waals surface area contributed by atoms with Crippen LogP contribution in [0.2, 0.25) is 0 Å².